The number of carbonyl (C=O) groups excluding carboxylic acids is 2. The standard InChI is InChI=1S/C22H19N3O3S2/c1-14(26)24-15-6-9-17(10-7-15)29-13-21(27)23-12-16-8-11-19(28-16)22-25-18-4-2-3-5-20(18)30-22/h2-11H,12-13H2,1H3,(H,23,27)(H,24,26). The third-order valence-corrected chi connectivity index (χ3v) is 6.23. The van der Waals surface area contributed by atoms with Crippen LogP contribution in [0.25, 0.3) is 21.0 Å². The van der Waals surface area contributed by atoms with Gasteiger partial charge in [0.2, 0.25) is 11.8 Å². The molecule has 0 aliphatic carbocycles. The van der Waals surface area contributed by atoms with E-state index in [2.05, 4.69) is 15.6 Å². The Morgan fingerprint density at radius 1 is 1.07 bits per heavy atom. The first-order valence-corrected chi connectivity index (χ1v) is 11.1. The maximum atomic E-state index is 12.2. The Hall–Kier alpha value is -3.10. The van der Waals surface area contributed by atoms with Gasteiger partial charge in [0.1, 0.15) is 5.76 Å². The van der Waals surface area contributed by atoms with Crippen molar-refractivity contribution in [1.82, 2.24) is 10.3 Å². The van der Waals surface area contributed by atoms with E-state index in [4.69, 9.17) is 4.42 Å². The maximum Gasteiger partial charge on any atom is 0.230 e. The average molecular weight is 438 g/mol. The van der Waals surface area contributed by atoms with Crippen molar-refractivity contribution in [2.24, 2.45) is 0 Å². The summed E-state index contributed by atoms with van der Waals surface area (Å²) < 4.78 is 6.96. The number of anilines is 1. The minimum absolute atomic E-state index is 0.0797. The normalized spacial score (nSPS) is 10.8. The lowest BCUT2D eigenvalue weighted by Crippen LogP contribution is -2.24. The highest BCUT2D eigenvalue weighted by atomic mass is 32.2. The molecule has 4 aromatic rings. The summed E-state index contributed by atoms with van der Waals surface area (Å²) in [5.41, 5.74) is 1.68. The molecule has 8 heteroatoms. The molecular formula is C22H19N3O3S2. The van der Waals surface area contributed by atoms with Crippen LogP contribution < -0.4 is 10.6 Å². The third kappa shape index (κ3) is 5.08. The smallest absolute Gasteiger partial charge is 0.230 e. The van der Waals surface area contributed by atoms with Gasteiger partial charge in [-0.1, -0.05) is 12.1 Å². The van der Waals surface area contributed by atoms with Crippen LogP contribution in [0, 0.1) is 0 Å². The van der Waals surface area contributed by atoms with E-state index in [1.165, 1.54) is 18.7 Å². The van der Waals surface area contributed by atoms with E-state index in [9.17, 15) is 9.59 Å². The molecule has 0 saturated carbocycles. The number of rotatable bonds is 7. The quantitative estimate of drug-likeness (QED) is 0.401. The van der Waals surface area contributed by atoms with Gasteiger partial charge in [-0.2, -0.15) is 0 Å². The van der Waals surface area contributed by atoms with Crippen molar-refractivity contribution in [3.05, 3.63) is 66.4 Å². The molecule has 0 bridgehead atoms. The van der Waals surface area contributed by atoms with E-state index in [0.717, 1.165) is 25.8 Å². The Kier molecular flexibility index (Phi) is 6.15. The number of amides is 2. The summed E-state index contributed by atoms with van der Waals surface area (Å²) in [6, 6.07) is 19.1. The highest BCUT2D eigenvalue weighted by Crippen LogP contribution is 2.31. The number of furan rings is 1. The monoisotopic (exact) mass is 437 g/mol. The molecule has 2 N–H and O–H groups in total. The second kappa shape index (κ2) is 9.15. The van der Waals surface area contributed by atoms with Crippen molar-refractivity contribution in [3.8, 4) is 10.8 Å². The highest BCUT2D eigenvalue weighted by molar-refractivity contribution is 8.00. The molecule has 0 aliphatic rings. The third-order valence-electron chi connectivity index (χ3n) is 4.17. The molecule has 0 saturated heterocycles. The number of carbonyl (C=O) groups is 2. The number of nitrogens with zero attached hydrogens (tertiary/aromatic N) is 1. The Morgan fingerprint density at radius 3 is 2.63 bits per heavy atom. The van der Waals surface area contributed by atoms with Crippen LogP contribution in [0.1, 0.15) is 12.7 Å². The average Bonchev–Trinajstić information content (AvgIpc) is 3.38. The van der Waals surface area contributed by atoms with Crippen LogP contribution in [-0.4, -0.2) is 22.6 Å². The number of hydrogen-bond donors (Lipinski definition) is 2. The summed E-state index contributed by atoms with van der Waals surface area (Å²) in [7, 11) is 0. The number of thiazole rings is 1. The molecule has 0 radical (unpaired) electrons. The van der Waals surface area contributed by atoms with Crippen molar-refractivity contribution in [1.29, 1.82) is 0 Å². The fraction of sp³-hybridized carbons (Fsp3) is 0.136. The van der Waals surface area contributed by atoms with Crippen LogP contribution in [0.2, 0.25) is 0 Å². The highest BCUT2D eigenvalue weighted by Gasteiger charge is 2.11. The van der Waals surface area contributed by atoms with Gasteiger partial charge in [0, 0.05) is 17.5 Å². The van der Waals surface area contributed by atoms with Crippen LogP contribution in [0.3, 0.4) is 0 Å². The zero-order chi connectivity index (χ0) is 20.9. The molecule has 6 nitrogen and oxygen atoms in total. The fourth-order valence-corrected chi connectivity index (χ4v) is 4.44. The number of benzene rings is 2. The molecule has 2 aromatic carbocycles. The SMILES string of the molecule is CC(=O)Nc1ccc(SCC(=O)NCc2ccc(-c3nc4ccccc4s3)o2)cc1. The van der Waals surface area contributed by atoms with E-state index in [0.29, 0.717) is 23.8 Å². The van der Waals surface area contributed by atoms with Gasteiger partial charge in [0.05, 0.1) is 22.5 Å². The molecule has 2 heterocycles. The summed E-state index contributed by atoms with van der Waals surface area (Å²) in [6.45, 7) is 1.79. The molecule has 30 heavy (non-hydrogen) atoms. The number of fused-ring (bicyclic) bond motifs is 1. The van der Waals surface area contributed by atoms with Gasteiger partial charge < -0.3 is 15.1 Å². The lowest BCUT2D eigenvalue weighted by molar-refractivity contribution is -0.118. The van der Waals surface area contributed by atoms with E-state index in [1.807, 2.05) is 60.7 Å². The Labute approximate surface area is 181 Å². The van der Waals surface area contributed by atoms with Gasteiger partial charge in [0.15, 0.2) is 10.8 Å². The topological polar surface area (TPSA) is 84.2 Å². The molecule has 0 atom stereocenters. The van der Waals surface area contributed by atoms with E-state index in [1.54, 1.807) is 11.3 Å². The maximum absolute atomic E-state index is 12.2. The molecule has 4 rings (SSSR count). The molecule has 2 amide bonds. The first-order chi connectivity index (χ1) is 14.6. The predicted molar refractivity (Wildman–Crippen MR) is 121 cm³/mol. The first-order valence-electron chi connectivity index (χ1n) is 9.28. The second-order valence-corrected chi connectivity index (χ2v) is 8.60. The summed E-state index contributed by atoms with van der Waals surface area (Å²) >= 11 is 3.01. The van der Waals surface area contributed by atoms with Gasteiger partial charge in [-0.3, -0.25) is 9.59 Å². The van der Waals surface area contributed by atoms with Crippen LogP contribution in [0.15, 0.2) is 70.0 Å². The fourth-order valence-electron chi connectivity index (χ4n) is 2.79. The summed E-state index contributed by atoms with van der Waals surface area (Å²) in [4.78, 5) is 28.7. The Bertz CT molecular complexity index is 1150. The number of nitrogens with one attached hydrogen (secondary N) is 2. The summed E-state index contributed by atoms with van der Waals surface area (Å²) in [5, 5.41) is 6.41. The van der Waals surface area contributed by atoms with Crippen molar-refractivity contribution < 1.29 is 14.0 Å². The molecule has 0 fully saturated rings. The zero-order valence-electron chi connectivity index (χ0n) is 16.2. The number of thioether (sulfide) groups is 1. The molecule has 2 aromatic heterocycles. The summed E-state index contributed by atoms with van der Waals surface area (Å²) in [6.07, 6.45) is 0. The number of aromatic nitrogens is 1. The van der Waals surface area contributed by atoms with Crippen molar-refractivity contribution >= 4 is 50.8 Å². The van der Waals surface area contributed by atoms with Gasteiger partial charge in [-0.15, -0.1) is 23.1 Å². The Balaban J connectivity index is 1.27. The number of hydrogen-bond acceptors (Lipinski definition) is 6. The van der Waals surface area contributed by atoms with Gasteiger partial charge in [-0.05, 0) is 48.5 Å². The molecule has 152 valence electrons. The largest absolute Gasteiger partial charge is 0.457 e. The van der Waals surface area contributed by atoms with Crippen LogP contribution in [0.4, 0.5) is 5.69 Å². The molecule has 0 spiro atoms. The van der Waals surface area contributed by atoms with E-state index < -0.39 is 0 Å². The Morgan fingerprint density at radius 2 is 1.87 bits per heavy atom. The lowest BCUT2D eigenvalue weighted by atomic mass is 10.3. The minimum atomic E-state index is -0.112. The lowest BCUT2D eigenvalue weighted by Gasteiger charge is -2.05. The molecular weight excluding hydrogens is 418 g/mol. The summed E-state index contributed by atoms with van der Waals surface area (Å²) in [5.74, 6) is 1.49. The van der Waals surface area contributed by atoms with Crippen LogP contribution in [0.5, 0.6) is 0 Å². The van der Waals surface area contributed by atoms with Gasteiger partial charge in [0.25, 0.3) is 0 Å². The van der Waals surface area contributed by atoms with Crippen molar-refractivity contribution in [2.45, 2.75) is 18.4 Å². The van der Waals surface area contributed by atoms with Gasteiger partial charge >= 0.3 is 0 Å². The van der Waals surface area contributed by atoms with Crippen LogP contribution >= 0.6 is 23.1 Å². The minimum Gasteiger partial charge on any atom is -0.457 e. The van der Waals surface area contributed by atoms with Crippen LogP contribution in [-0.2, 0) is 16.1 Å². The zero-order valence-corrected chi connectivity index (χ0v) is 17.8. The molecule has 0 aliphatic heterocycles. The molecule has 0 unspecified atom stereocenters. The second-order valence-electron chi connectivity index (χ2n) is 6.52. The van der Waals surface area contributed by atoms with Crippen molar-refractivity contribution in [3.63, 3.8) is 0 Å². The van der Waals surface area contributed by atoms with Crippen molar-refractivity contribution in [2.75, 3.05) is 11.1 Å². The predicted octanol–water partition coefficient (Wildman–Crippen LogP) is 4.92. The number of para-hydroxylation sites is 1. The van der Waals surface area contributed by atoms with E-state index >= 15 is 0 Å². The first kappa shape index (κ1) is 20.2. The van der Waals surface area contributed by atoms with Gasteiger partial charge in [-0.25, -0.2) is 4.98 Å². The van der Waals surface area contributed by atoms with E-state index in [-0.39, 0.29) is 11.8 Å².